The Kier molecular flexibility index (Phi) is 33.1. The first-order valence-corrected chi connectivity index (χ1v) is 17.9. The van der Waals surface area contributed by atoms with Crippen LogP contribution in [0.1, 0.15) is 206 Å². The molecule has 234 valence electrons. The van der Waals surface area contributed by atoms with E-state index in [1.54, 1.807) is 0 Å². The molecule has 0 aromatic rings. The SMILES string of the molecule is CC(C)CCCCCCCCCCCCCCCOCCCCCCCCCCCCCCCCCC(=O)O. The van der Waals surface area contributed by atoms with E-state index < -0.39 is 5.97 Å². The van der Waals surface area contributed by atoms with Gasteiger partial charge in [-0.1, -0.05) is 181 Å². The van der Waals surface area contributed by atoms with Crippen molar-refractivity contribution in [3.05, 3.63) is 0 Å². The molecule has 1 N–H and O–H groups in total. The third-order valence-corrected chi connectivity index (χ3v) is 8.25. The zero-order chi connectivity index (χ0) is 28.5. The van der Waals surface area contributed by atoms with E-state index in [4.69, 9.17) is 9.84 Å². The van der Waals surface area contributed by atoms with Crippen LogP contribution in [0.25, 0.3) is 0 Å². The largest absolute Gasteiger partial charge is 0.481 e. The molecule has 3 nitrogen and oxygen atoms in total. The van der Waals surface area contributed by atoms with Gasteiger partial charge in [0, 0.05) is 19.6 Å². The van der Waals surface area contributed by atoms with E-state index in [0.29, 0.717) is 6.42 Å². The molecule has 0 aromatic heterocycles. The van der Waals surface area contributed by atoms with Crippen LogP contribution in [0.15, 0.2) is 0 Å². The van der Waals surface area contributed by atoms with Gasteiger partial charge in [0.25, 0.3) is 0 Å². The van der Waals surface area contributed by atoms with E-state index in [1.165, 1.54) is 173 Å². The van der Waals surface area contributed by atoms with Crippen molar-refractivity contribution in [3.8, 4) is 0 Å². The molecule has 0 atom stereocenters. The molecule has 0 radical (unpaired) electrons. The van der Waals surface area contributed by atoms with Gasteiger partial charge in [-0.3, -0.25) is 4.79 Å². The van der Waals surface area contributed by atoms with Crippen molar-refractivity contribution < 1.29 is 14.6 Å². The van der Waals surface area contributed by atoms with Crippen molar-refractivity contribution in [1.29, 1.82) is 0 Å². The predicted molar refractivity (Wildman–Crippen MR) is 172 cm³/mol. The van der Waals surface area contributed by atoms with Crippen molar-refractivity contribution in [2.24, 2.45) is 5.92 Å². The Morgan fingerprint density at radius 1 is 0.436 bits per heavy atom. The van der Waals surface area contributed by atoms with E-state index in [0.717, 1.165) is 32.0 Å². The van der Waals surface area contributed by atoms with Crippen molar-refractivity contribution in [1.82, 2.24) is 0 Å². The van der Waals surface area contributed by atoms with Crippen molar-refractivity contribution in [2.75, 3.05) is 13.2 Å². The number of carboxylic acid groups (broad SMARTS) is 1. The van der Waals surface area contributed by atoms with Gasteiger partial charge < -0.3 is 9.84 Å². The first-order chi connectivity index (χ1) is 19.1. The van der Waals surface area contributed by atoms with Gasteiger partial charge in [-0.05, 0) is 25.2 Å². The molecular formula is C36H72O3. The summed E-state index contributed by atoms with van der Waals surface area (Å²) in [4.78, 5) is 10.5. The highest BCUT2D eigenvalue weighted by molar-refractivity contribution is 5.66. The third kappa shape index (κ3) is 37.4. The number of unbranched alkanes of at least 4 members (excludes halogenated alkanes) is 26. The minimum atomic E-state index is -0.653. The highest BCUT2D eigenvalue weighted by atomic mass is 16.5. The fourth-order valence-corrected chi connectivity index (χ4v) is 5.58. The first kappa shape index (κ1) is 38.4. The monoisotopic (exact) mass is 553 g/mol. The second kappa shape index (κ2) is 33.6. The number of carboxylic acids is 1. The average molecular weight is 553 g/mol. The van der Waals surface area contributed by atoms with Gasteiger partial charge >= 0.3 is 5.97 Å². The Hall–Kier alpha value is -0.570. The fourth-order valence-electron chi connectivity index (χ4n) is 5.58. The summed E-state index contributed by atoms with van der Waals surface area (Å²) >= 11 is 0. The van der Waals surface area contributed by atoms with Gasteiger partial charge in [-0.2, -0.15) is 0 Å². The van der Waals surface area contributed by atoms with Crippen molar-refractivity contribution >= 4 is 5.97 Å². The maximum atomic E-state index is 10.5. The van der Waals surface area contributed by atoms with Crippen LogP contribution in [0, 0.1) is 5.92 Å². The van der Waals surface area contributed by atoms with Crippen LogP contribution in [0.3, 0.4) is 0 Å². The summed E-state index contributed by atoms with van der Waals surface area (Å²) in [5.41, 5.74) is 0. The molecule has 0 aliphatic heterocycles. The maximum absolute atomic E-state index is 10.5. The average Bonchev–Trinajstić information content (AvgIpc) is 2.91. The third-order valence-electron chi connectivity index (χ3n) is 8.25. The number of hydrogen-bond donors (Lipinski definition) is 1. The Morgan fingerprint density at radius 3 is 0.974 bits per heavy atom. The number of hydrogen-bond acceptors (Lipinski definition) is 2. The van der Waals surface area contributed by atoms with Gasteiger partial charge in [0.15, 0.2) is 0 Å². The van der Waals surface area contributed by atoms with E-state index in [9.17, 15) is 4.79 Å². The molecule has 0 saturated heterocycles. The summed E-state index contributed by atoms with van der Waals surface area (Å²) in [5.74, 6) is 0.229. The Morgan fingerprint density at radius 2 is 0.692 bits per heavy atom. The quantitative estimate of drug-likeness (QED) is 0.0807. The van der Waals surface area contributed by atoms with Crippen LogP contribution in [-0.2, 0) is 9.53 Å². The van der Waals surface area contributed by atoms with Gasteiger partial charge in [-0.15, -0.1) is 0 Å². The normalized spacial score (nSPS) is 11.6. The molecule has 0 saturated carbocycles. The molecule has 0 aliphatic rings. The van der Waals surface area contributed by atoms with Crippen LogP contribution in [0.2, 0.25) is 0 Å². The second-order valence-electron chi connectivity index (χ2n) is 12.8. The summed E-state index contributed by atoms with van der Waals surface area (Å²) in [7, 11) is 0. The molecule has 0 amide bonds. The molecular weight excluding hydrogens is 480 g/mol. The van der Waals surface area contributed by atoms with Crippen LogP contribution in [0.5, 0.6) is 0 Å². The number of ether oxygens (including phenoxy) is 1. The minimum Gasteiger partial charge on any atom is -0.481 e. The second-order valence-corrected chi connectivity index (χ2v) is 12.8. The molecule has 0 unspecified atom stereocenters. The van der Waals surface area contributed by atoms with E-state index in [1.807, 2.05) is 0 Å². The maximum Gasteiger partial charge on any atom is 0.303 e. The van der Waals surface area contributed by atoms with E-state index in [2.05, 4.69) is 13.8 Å². The molecule has 0 fully saturated rings. The minimum absolute atomic E-state index is 0.340. The summed E-state index contributed by atoms with van der Waals surface area (Å²) in [5, 5.41) is 8.63. The molecule has 0 aliphatic carbocycles. The number of rotatable bonds is 34. The lowest BCUT2D eigenvalue weighted by atomic mass is 10.0. The molecule has 0 heterocycles. The van der Waals surface area contributed by atoms with Crippen molar-refractivity contribution in [2.45, 2.75) is 206 Å². The van der Waals surface area contributed by atoms with Crippen molar-refractivity contribution in [3.63, 3.8) is 0 Å². The van der Waals surface area contributed by atoms with Gasteiger partial charge in [0.1, 0.15) is 0 Å². The van der Waals surface area contributed by atoms with Crippen LogP contribution in [-0.4, -0.2) is 24.3 Å². The molecule has 0 aromatic carbocycles. The van der Waals surface area contributed by atoms with Gasteiger partial charge in [-0.25, -0.2) is 0 Å². The topological polar surface area (TPSA) is 46.5 Å². The summed E-state index contributed by atoms with van der Waals surface area (Å²) < 4.78 is 5.86. The van der Waals surface area contributed by atoms with Gasteiger partial charge in [0.2, 0.25) is 0 Å². The first-order valence-electron chi connectivity index (χ1n) is 17.9. The van der Waals surface area contributed by atoms with Gasteiger partial charge in [0.05, 0.1) is 0 Å². The van der Waals surface area contributed by atoms with E-state index in [-0.39, 0.29) is 0 Å². The molecule has 3 heteroatoms. The zero-order valence-corrected chi connectivity index (χ0v) is 27.0. The molecule has 0 spiro atoms. The lowest BCUT2D eigenvalue weighted by Gasteiger charge is -2.06. The molecule has 39 heavy (non-hydrogen) atoms. The highest BCUT2D eigenvalue weighted by Gasteiger charge is 1.99. The summed E-state index contributed by atoms with van der Waals surface area (Å²) in [6.45, 7) is 6.62. The van der Waals surface area contributed by atoms with Crippen LogP contribution in [0.4, 0.5) is 0 Å². The van der Waals surface area contributed by atoms with E-state index >= 15 is 0 Å². The predicted octanol–water partition coefficient (Wildman–Crippen LogP) is 12.4. The molecule has 0 rings (SSSR count). The summed E-state index contributed by atoms with van der Waals surface area (Å²) in [6, 6.07) is 0. The highest BCUT2D eigenvalue weighted by Crippen LogP contribution is 2.15. The van der Waals surface area contributed by atoms with Crippen LogP contribution >= 0.6 is 0 Å². The number of aliphatic carboxylic acids is 1. The van der Waals surface area contributed by atoms with Crippen LogP contribution < -0.4 is 0 Å². The Labute approximate surface area is 246 Å². The molecule has 0 bridgehead atoms. The standard InChI is InChI=1S/C36H72O3/c1-35(2)31-27-23-19-15-11-7-6-10-14-18-22-26-30-34-39-33-29-25-21-17-13-9-5-3-4-8-12-16-20-24-28-32-36(37)38/h35H,3-34H2,1-2H3,(H,37,38). The fraction of sp³-hybridized carbons (Fsp3) is 0.972. The zero-order valence-electron chi connectivity index (χ0n) is 27.0. The lowest BCUT2D eigenvalue weighted by molar-refractivity contribution is -0.137. The lowest BCUT2D eigenvalue weighted by Crippen LogP contribution is -1.97. The Balaban J connectivity index is 3.03. The number of carbonyl (C=O) groups is 1. The smallest absolute Gasteiger partial charge is 0.303 e. The summed E-state index contributed by atoms with van der Waals surface area (Å²) in [6.07, 6.45) is 39.7. The Bertz CT molecular complexity index is 462.